The average Bonchev–Trinajstić information content (AvgIpc) is 2.98. The number of carbonyl (C=O) groups is 1. The molecule has 112 valence electrons. The van der Waals surface area contributed by atoms with E-state index < -0.39 is 5.97 Å². The molecule has 0 atom stereocenters. The van der Waals surface area contributed by atoms with E-state index in [4.69, 9.17) is 10.00 Å². The normalized spacial score (nSPS) is 10.1. The van der Waals surface area contributed by atoms with Crippen LogP contribution in [0, 0.1) is 18.3 Å². The van der Waals surface area contributed by atoms with E-state index in [1.165, 1.54) is 11.3 Å². The van der Waals surface area contributed by atoms with Gasteiger partial charge in [-0.2, -0.15) is 5.26 Å². The van der Waals surface area contributed by atoms with Gasteiger partial charge in [-0.3, -0.25) is 0 Å². The first-order chi connectivity index (χ1) is 11.2. The second-order valence-electron chi connectivity index (χ2n) is 4.80. The van der Waals surface area contributed by atoms with Crippen LogP contribution in [0.1, 0.15) is 21.1 Å². The van der Waals surface area contributed by atoms with E-state index in [0.717, 1.165) is 15.4 Å². The number of aromatic nitrogens is 1. The molecule has 0 unspecified atom stereocenters. The van der Waals surface area contributed by atoms with Gasteiger partial charge in [-0.1, -0.05) is 30.3 Å². The lowest BCUT2D eigenvalue weighted by atomic mass is 10.1. The van der Waals surface area contributed by atoms with Gasteiger partial charge in [0.25, 0.3) is 0 Å². The Morgan fingerprint density at radius 2 is 1.83 bits per heavy atom. The smallest absolute Gasteiger partial charge is 0.363 e. The Hall–Kier alpha value is -2.97. The molecule has 0 aliphatic rings. The molecule has 0 aliphatic carbocycles. The second kappa shape index (κ2) is 6.42. The third-order valence-electron chi connectivity index (χ3n) is 3.16. The van der Waals surface area contributed by atoms with Crippen molar-refractivity contribution in [3.63, 3.8) is 0 Å². The molecule has 4 nitrogen and oxygen atoms in total. The molecule has 0 fully saturated rings. The minimum atomic E-state index is -0.502. The molecular formula is C18H12N2O2S. The number of benzene rings is 2. The SMILES string of the molecule is Cc1nc(C(=O)Oc2ccc(C#N)cc2)c(-c2ccccc2)s1. The van der Waals surface area contributed by atoms with Crippen LogP contribution in [0.25, 0.3) is 10.4 Å². The number of esters is 1. The first-order valence-corrected chi connectivity index (χ1v) is 7.74. The number of aryl methyl sites for hydroxylation is 1. The summed E-state index contributed by atoms with van der Waals surface area (Å²) in [6.07, 6.45) is 0. The van der Waals surface area contributed by atoms with Crippen molar-refractivity contribution in [1.82, 2.24) is 4.98 Å². The van der Waals surface area contributed by atoms with Crippen molar-refractivity contribution >= 4 is 17.3 Å². The van der Waals surface area contributed by atoms with E-state index >= 15 is 0 Å². The highest BCUT2D eigenvalue weighted by atomic mass is 32.1. The largest absolute Gasteiger partial charge is 0.422 e. The van der Waals surface area contributed by atoms with Crippen molar-refractivity contribution in [2.75, 3.05) is 0 Å². The number of carbonyl (C=O) groups excluding carboxylic acids is 1. The molecule has 0 amide bonds. The van der Waals surface area contributed by atoms with Crippen LogP contribution in [-0.2, 0) is 0 Å². The number of nitrogens with zero attached hydrogens (tertiary/aromatic N) is 2. The molecule has 0 saturated heterocycles. The van der Waals surface area contributed by atoms with Gasteiger partial charge in [-0.05, 0) is 36.8 Å². The van der Waals surface area contributed by atoms with Crippen LogP contribution < -0.4 is 4.74 Å². The van der Waals surface area contributed by atoms with Crippen molar-refractivity contribution in [3.8, 4) is 22.3 Å². The summed E-state index contributed by atoms with van der Waals surface area (Å²) in [6.45, 7) is 1.86. The van der Waals surface area contributed by atoms with Gasteiger partial charge in [-0.15, -0.1) is 11.3 Å². The van der Waals surface area contributed by atoms with Crippen LogP contribution in [0.3, 0.4) is 0 Å². The van der Waals surface area contributed by atoms with Gasteiger partial charge in [0.15, 0.2) is 5.69 Å². The van der Waals surface area contributed by atoms with Gasteiger partial charge < -0.3 is 4.74 Å². The predicted molar refractivity (Wildman–Crippen MR) is 88.4 cm³/mol. The molecule has 3 rings (SSSR count). The third-order valence-corrected chi connectivity index (χ3v) is 4.18. The summed E-state index contributed by atoms with van der Waals surface area (Å²) >= 11 is 1.46. The van der Waals surface area contributed by atoms with E-state index in [1.807, 2.05) is 43.3 Å². The lowest BCUT2D eigenvalue weighted by Crippen LogP contribution is -2.10. The summed E-state index contributed by atoms with van der Waals surface area (Å²) in [6, 6.07) is 18.0. The number of rotatable bonds is 3. The maximum Gasteiger partial charge on any atom is 0.363 e. The fourth-order valence-corrected chi connectivity index (χ4v) is 3.02. The lowest BCUT2D eigenvalue weighted by molar-refractivity contribution is 0.0730. The first-order valence-electron chi connectivity index (χ1n) is 6.92. The maximum absolute atomic E-state index is 12.4. The van der Waals surface area contributed by atoms with Crippen molar-refractivity contribution in [2.24, 2.45) is 0 Å². The summed E-state index contributed by atoms with van der Waals surface area (Å²) in [7, 11) is 0. The summed E-state index contributed by atoms with van der Waals surface area (Å²) in [5.74, 6) is -0.114. The van der Waals surface area contributed by atoms with Gasteiger partial charge in [0.05, 0.1) is 21.5 Å². The highest BCUT2D eigenvalue weighted by Gasteiger charge is 2.20. The van der Waals surface area contributed by atoms with Gasteiger partial charge in [-0.25, -0.2) is 9.78 Å². The Morgan fingerprint density at radius 1 is 1.13 bits per heavy atom. The molecular weight excluding hydrogens is 308 g/mol. The first kappa shape index (κ1) is 14.9. The van der Waals surface area contributed by atoms with E-state index in [-0.39, 0.29) is 0 Å². The molecule has 1 aromatic heterocycles. The second-order valence-corrected chi connectivity index (χ2v) is 6.01. The van der Waals surface area contributed by atoms with Crippen molar-refractivity contribution in [3.05, 3.63) is 70.9 Å². The molecule has 0 saturated carbocycles. The Morgan fingerprint density at radius 3 is 2.48 bits per heavy atom. The van der Waals surface area contributed by atoms with E-state index in [0.29, 0.717) is 17.0 Å². The molecule has 3 aromatic rings. The van der Waals surface area contributed by atoms with Gasteiger partial charge in [0.1, 0.15) is 5.75 Å². The standard InChI is InChI=1S/C18H12N2O2S/c1-12-20-16(17(23-12)14-5-3-2-4-6-14)18(21)22-15-9-7-13(11-19)8-10-15/h2-10H,1H3. The zero-order valence-electron chi connectivity index (χ0n) is 12.3. The van der Waals surface area contributed by atoms with E-state index in [1.54, 1.807) is 24.3 Å². The highest BCUT2D eigenvalue weighted by molar-refractivity contribution is 7.15. The molecule has 2 aromatic carbocycles. The average molecular weight is 320 g/mol. The summed E-state index contributed by atoms with van der Waals surface area (Å²) in [4.78, 5) is 17.5. The molecule has 0 aliphatic heterocycles. The van der Waals surface area contributed by atoms with Crippen molar-refractivity contribution < 1.29 is 9.53 Å². The Kier molecular flexibility index (Phi) is 4.18. The fraction of sp³-hybridized carbons (Fsp3) is 0.0556. The van der Waals surface area contributed by atoms with Crippen LogP contribution >= 0.6 is 11.3 Å². The minimum Gasteiger partial charge on any atom is -0.422 e. The van der Waals surface area contributed by atoms with Crippen LogP contribution in [0.2, 0.25) is 0 Å². The van der Waals surface area contributed by atoms with Gasteiger partial charge >= 0.3 is 5.97 Å². The minimum absolute atomic E-state index is 0.308. The molecule has 0 bridgehead atoms. The van der Waals surface area contributed by atoms with Crippen LogP contribution in [0.5, 0.6) is 5.75 Å². The molecule has 0 spiro atoms. The van der Waals surface area contributed by atoms with Crippen molar-refractivity contribution in [1.29, 1.82) is 5.26 Å². The summed E-state index contributed by atoms with van der Waals surface area (Å²) in [5, 5.41) is 9.59. The Bertz CT molecular complexity index is 878. The summed E-state index contributed by atoms with van der Waals surface area (Å²) in [5.41, 5.74) is 1.76. The van der Waals surface area contributed by atoms with Crippen LogP contribution in [0.4, 0.5) is 0 Å². The van der Waals surface area contributed by atoms with E-state index in [9.17, 15) is 4.79 Å². The van der Waals surface area contributed by atoms with Crippen LogP contribution in [0.15, 0.2) is 54.6 Å². The number of ether oxygens (including phenoxy) is 1. The number of nitriles is 1. The summed E-state index contributed by atoms with van der Waals surface area (Å²) < 4.78 is 5.37. The molecule has 0 N–H and O–H groups in total. The predicted octanol–water partition coefficient (Wildman–Crippen LogP) is 4.21. The van der Waals surface area contributed by atoms with Crippen LogP contribution in [-0.4, -0.2) is 11.0 Å². The van der Waals surface area contributed by atoms with Gasteiger partial charge in [0.2, 0.25) is 0 Å². The monoisotopic (exact) mass is 320 g/mol. The maximum atomic E-state index is 12.4. The molecule has 23 heavy (non-hydrogen) atoms. The fourth-order valence-electron chi connectivity index (χ4n) is 2.10. The Labute approximate surface area is 137 Å². The zero-order valence-corrected chi connectivity index (χ0v) is 13.1. The van der Waals surface area contributed by atoms with Crippen molar-refractivity contribution in [2.45, 2.75) is 6.92 Å². The molecule has 1 heterocycles. The quantitative estimate of drug-likeness (QED) is 0.536. The lowest BCUT2D eigenvalue weighted by Gasteiger charge is -2.04. The molecule has 5 heteroatoms. The Balaban J connectivity index is 1.89. The number of hydrogen-bond acceptors (Lipinski definition) is 5. The number of thiazole rings is 1. The topological polar surface area (TPSA) is 63.0 Å². The molecule has 0 radical (unpaired) electrons. The number of hydrogen-bond donors (Lipinski definition) is 0. The zero-order chi connectivity index (χ0) is 16.2. The van der Waals surface area contributed by atoms with E-state index in [2.05, 4.69) is 4.98 Å². The highest BCUT2D eigenvalue weighted by Crippen LogP contribution is 2.30. The van der Waals surface area contributed by atoms with Gasteiger partial charge in [0, 0.05) is 0 Å². The third kappa shape index (κ3) is 3.28.